The maximum absolute atomic E-state index is 11.6. The molecule has 21 heavy (non-hydrogen) atoms. The van der Waals surface area contributed by atoms with Gasteiger partial charge in [-0.05, 0) is 6.42 Å². The molecule has 0 fully saturated rings. The number of hydrogen-bond acceptors (Lipinski definition) is 7. The molecule has 0 aliphatic heterocycles. The van der Waals surface area contributed by atoms with Gasteiger partial charge in [0.1, 0.15) is 5.01 Å². The number of anilines is 1. The van der Waals surface area contributed by atoms with Crippen molar-refractivity contribution in [1.82, 2.24) is 10.2 Å². The zero-order valence-electron chi connectivity index (χ0n) is 11.1. The Morgan fingerprint density at radius 2 is 2.05 bits per heavy atom. The topological polar surface area (TPSA) is 147 Å². The second-order valence-electron chi connectivity index (χ2n) is 4.20. The first kappa shape index (κ1) is 17.5. The van der Waals surface area contributed by atoms with E-state index in [1.54, 1.807) is 0 Å². The number of hydrogen-bond donors (Lipinski definition) is 3. The van der Waals surface area contributed by atoms with E-state index in [0.717, 1.165) is 29.2 Å². The third kappa shape index (κ3) is 5.73. The number of carboxylic acids is 1. The van der Waals surface area contributed by atoms with E-state index in [-0.39, 0.29) is 5.13 Å². The molecule has 1 unspecified atom stereocenters. The molecular formula is C10H15N3O6S2. The number of nitrogens with one attached hydrogen (secondary N) is 1. The van der Waals surface area contributed by atoms with Gasteiger partial charge in [0.2, 0.25) is 11.0 Å². The molecule has 1 rings (SSSR count). The molecule has 0 spiro atoms. The Kier molecular flexibility index (Phi) is 6.18. The minimum atomic E-state index is -4.85. The van der Waals surface area contributed by atoms with Crippen LogP contribution in [-0.4, -0.2) is 45.4 Å². The van der Waals surface area contributed by atoms with Gasteiger partial charge < -0.3 is 10.4 Å². The van der Waals surface area contributed by atoms with Gasteiger partial charge in [-0.1, -0.05) is 24.7 Å². The van der Waals surface area contributed by atoms with E-state index < -0.39 is 33.7 Å². The largest absolute Gasteiger partial charge is 0.480 e. The van der Waals surface area contributed by atoms with Crippen LogP contribution in [0, 0.1) is 0 Å². The monoisotopic (exact) mass is 337 g/mol. The quantitative estimate of drug-likeness (QED) is 0.583. The van der Waals surface area contributed by atoms with Crippen LogP contribution in [-0.2, 0) is 26.1 Å². The standard InChI is InChI=1S/C10H15N3O6S2/c1-2-3-4-8-12-13-10(20-8)11-7(14)5-6(9(15)16)21(17,18)19/h6H,2-5H2,1H3,(H,15,16)(H,11,13,14)(H,17,18,19). The molecule has 0 saturated carbocycles. The van der Waals surface area contributed by atoms with Crippen molar-refractivity contribution in [2.75, 3.05) is 5.32 Å². The Labute approximate surface area is 125 Å². The highest BCUT2D eigenvalue weighted by atomic mass is 32.2. The Hall–Kier alpha value is -1.59. The van der Waals surface area contributed by atoms with E-state index in [0.29, 0.717) is 6.42 Å². The van der Waals surface area contributed by atoms with Gasteiger partial charge in [0.05, 0.1) is 6.42 Å². The van der Waals surface area contributed by atoms with Crippen LogP contribution in [0.25, 0.3) is 0 Å². The molecule has 0 bridgehead atoms. The second kappa shape index (κ2) is 7.43. The average Bonchev–Trinajstić information content (AvgIpc) is 2.79. The van der Waals surface area contributed by atoms with E-state index in [4.69, 9.17) is 9.66 Å². The lowest BCUT2D eigenvalue weighted by atomic mass is 10.3. The first-order valence-corrected chi connectivity index (χ1v) is 8.37. The number of aliphatic carboxylic acids is 1. The van der Waals surface area contributed by atoms with Crippen LogP contribution in [0.1, 0.15) is 31.2 Å². The first-order valence-electron chi connectivity index (χ1n) is 6.05. The zero-order valence-corrected chi connectivity index (χ0v) is 12.8. The molecule has 0 saturated heterocycles. The molecule has 9 nitrogen and oxygen atoms in total. The number of carbonyl (C=O) groups is 2. The van der Waals surface area contributed by atoms with Gasteiger partial charge in [-0.2, -0.15) is 8.42 Å². The minimum Gasteiger partial charge on any atom is -0.480 e. The first-order chi connectivity index (χ1) is 9.74. The van der Waals surface area contributed by atoms with Crippen LogP contribution in [0.15, 0.2) is 0 Å². The van der Waals surface area contributed by atoms with Crippen molar-refractivity contribution < 1.29 is 27.7 Å². The van der Waals surface area contributed by atoms with Crippen LogP contribution in [0.5, 0.6) is 0 Å². The van der Waals surface area contributed by atoms with Crippen molar-refractivity contribution >= 4 is 38.5 Å². The molecule has 3 N–H and O–H groups in total. The summed E-state index contributed by atoms with van der Waals surface area (Å²) >= 11 is 1.13. The number of nitrogens with zero attached hydrogens (tertiary/aromatic N) is 2. The van der Waals surface area contributed by atoms with Crippen molar-refractivity contribution in [2.45, 2.75) is 37.9 Å². The Balaban J connectivity index is 2.64. The number of unbranched alkanes of at least 4 members (excludes halogenated alkanes) is 1. The molecular weight excluding hydrogens is 322 g/mol. The average molecular weight is 337 g/mol. The minimum absolute atomic E-state index is 0.158. The fourth-order valence-electron chi connectivity index (χ4n) is 1.39. The maximum Gasteiger partial charge on any atom is 0.324 e. The molecule has 1 aromatic rings. The van der Waals surface area contributed by atoms with Crippen molar-refractivity contribution in [3.8, 4) is 0 Å². The summed E-state index contributed by atoms with van der Waals surface area (Å²) in [5.41, 5.74) is 0. The normalized spacial score (nSPS) is 12.9. The fourth-order valence-corrected chi connectivity index (χ4v) is 2.81. The van der Waals surface area contributed by atoms with E-state index in [9.17, 15) is 18.0 Å². The van der Waals surface area contributed by atoms with E-state index >= 15 is 0 Å². The number of carboxylic acid groups (broad SMARTS) is 1. The highest BCUT2D eigenvalue weighted by molar-refractivity contribution is 7.87. The van der Waals surface area contributed by atoms with Crippen molar-refractivity contribution in [3.05, 3.63) is 5.01 Å². The predicted octanol–water partition coefficient (Wildman–Crippen LogP) is 0.550. The summed E-state index contributed by atoms with van der Waals surface area (Å²) in [6.45, 7) is 2.02. The number of rotatable bonds is 8. The van der Waals surface area contributed by atoms with Gasteiger partial charge in [0, 0.05) is 6.42 Å². The molecule has 1 amide bonds. The van der Waals surface area contributed by atoms with Crippen molar-refractivity contribution in [1.29, 1.82) is 0 Å². The number of carbonyl (C=O) groups excluding carboxylic acids is 1. The third-order valence-electron chi connectivity index (χ3n) is 2.46. The molecule has 1 heterocycles. The Morgan fingerprint density at radius 3 is 2.57 bits per heavy atom. The molecule has 1 atom stereocenters. The van der Waals surface area contributed by atoms with E-state index in [1.165, 1.54) is 0 Å². The lowest BCUT2D eigenvalue weighted by Crippen LogP contribution is -2.33. The molecule has 0 aromatic carbocycles. The summed E-state index contributed by atoms with van der Waals surface area (Å²) in [5, 5.41) is 17.2. The summed E-state index contributed by atoms with van der Waals surface area (Å²) in [6, 6.07) is 0. The SMILES string of the molecule is CCCCc1nnc(NC(=O)CC(C(=O)O)S(=O)(=O)O)s1. The van der Waals surface area contributed by atoms with Crippen LogP contribution in [0.2, 0.25) is 0 Å². The maximum atomic E-state index is 11.6. The highest BCUT2D eigenvalue weighted by Crippen LogP contribution is 2.18. The van der Waals surface area contributed by atoms with Crippen LogP contribution < -0.4 is 5.32 Å². The summed E-state index contributed by atoms with van der Waals surface area (Å²) in [4.78, 5) is 22.3. The Morgan fingerprint density at radius 1 is 1.38 bits per heavy atom. The smallest absolute Gasteiger partial charge is 0.324 e. The van der Waals surface area contributed by atoms with E-state index in [1.807, 2.05) is 6.92 Å². The molecule has 1 aromatic heterocycles. The van der Waals surface area contributed by atoms with Gasteiger partial charge in [-0.25, -0.2) is 0 Å². The fraction of sp³-hybridized carbons (Fsp3) is 0.600. The van der Waals surface area contributed by atoms with Gasteiger partial charge in [0.15, 0.2) is 5.25 Å². The van der Waals surface area contributed by atoms with E-state index in [2.05, 4.69) is 15.5 Å². The number of amides is 1. The van der Waals surface area contributed by atoms with Crippen molar-refractivity contribution in [3.63, 3.8) is 0 Å². The highest BCUT2D eigenvalue weighted by Gasteiger charge is 2.33. The van der Waals surface area contributed by atoms with Gasteiger partial charge in [-0.3, -0.25) is 14.1 Å². The number of aromatic nitrogens is 2. The molecule has 0 aliphatic carbocycles. The molecule has 0 aliphatic rings. The van der Waals surface area contributed by atoms with Gasteiger partial charge >= 0.3 is 5.97 Å². The lowest BCUT2D eigenvalue weighted by Gasteiger charge is -2.07. The molecule has 11 heteroatoms. The van der Waals surface area contributed by atoms with Crippen LogP contribution in [0.3, 0.4) is 0 Å². The zero-order chi connectivity index (χ0) is 16.0. The van der Waals surface area contributed by atoms with Crippen molar-refractivity contribution in [2.24, 2.45) is 0 Å². The van der Waals surface area contributed by atoms with Gasteiger partial charge in [-0.15, -0.1) is 10.2 Å². The predicted molar refractivity (Wildman–Crippen MR) is 74.7 cm³/mol. The van der Waals surface area contributed by atoms with Crippen LogP contribution >= 0.6 is 11.3 Å². The lowest BCUT2D eigenvalue weighted by molar-refractivity contribution is -0.138. The Bertz CT molecular complexity index is 612. The third-order valence-corrected chi connectivity index (χ3v) is 4.45. The second-order valence-corrected chi connectivity index (χ2v) is 6.86. The van der Waals surface area contributed by atoms with Crippen LogP contribution in [0.4, 0.5) is 5.13 Å². The molecule has 118 valence electrons. The van der Waals surface area contributed by atoms with Gasteiger partial charge in [0.25, 0.3) is 10.1 Å². The summed E-state index contributed by atoms with van der Waals surface area (Å²) in [7, 11) is -4.85. The summed E-state index contributed by atoms with van der Waals surface area (Å²) in [6.07, 6.45) is 1.72. The summed E-state index contributed by atoms with van der Waals surface area (Å²) < 4.78 is 30.5. The number of aryl methyl sites for hydroxylation is 1. The molecule has 0 radical (unpaired) electrons. The summed E-state index contributed by atoms with van der Waals surface area (Å²) in [5.74, 6) is -2.67.